The van der Waals surface area contributed by atoms with Crippen LogP contribution in [0.3, 0.4) is 0 Å². The molecule has 1 saturated heterocycles. The van der Waals surface area contributed by atoms with Gasteiger partial charge in [-0.1, -0.05) is 36.2 Å². The number of rotatable bonds is 3. The molecule has 103 valence electrons. The van der Waals surface area contributed by atoms with Crippen LogP contribution in [0.5, 0.6) is 0 Å². The van der Waals surface area contributed by atoms with Crippen LogP contribution < -0.4 is 16.5 Å². The van der Waals surface area contributed by atoms with Gasteiger partial charge in [-0.25, -0.2) is 0 Å². The van der Waals surface area contributed by atoms with E-state index in [2.05, 4.69) is 10.8 Å². The Kier molecular flexibility index (Phi) is 3.38. The van der Waals surface area contributed by atoms with E-state index in [-0.39, 0.29) is 0 Å². The number of benzene rings is 1. The molecule has 19 heavy (non-hydrogen) atoms. The van der Waals surface area contributed by atoms with E-state index in [1.165, 1.54) is 0 Å². The number of hydrogen-bond donors (Lipinski definition) is 2. The zero-order valence-corrected chi connectivity index (χ0v) is 11.8. The highest BCUT2D eigenvalue weighted by atomic mass is 16.7. The lowest BCUT2D eigenvalue weighted by atomic mass is 9.94. The number of nitrogens with two attached hydrogens (primary N) is 1. The molecule has 0 aromatic heterocycles. The molecule has 2 unspecified atom stereocenters. The summed E-state index contributed by atoms with van der Waals surface area (Å²) in [6.07, 6.45) is 0.653. The van der Waals surface area contributed by atoms with E-state index in [4.69, 9.17) is 10.6 Å². The summed E-state index contributed by atoms with van der Waals surface area (Å²) in [6, 6.07) is 5.84. The minimum Gasteiger partial charge on any atom is -0.366 e. The largest absolute Gasteiger partial charge is 0.366 e. The van der Waals surface area contributed by atoms with E-state index in [1.807, 2.05) is 45.9 Å². The van der Waals surface area contributed by atoms with Gasteiger partial charge in [0.25, 0.3) is 5.91 Å². The molecule has 1 heterocycles. The Bertz CT molecular complexity index is 497. The first-order chi connectivity index (χ1) is 8.81. The van der Waals surface area contributed by atoms with Gasteiger partial charge in [-0.05, 0) is 27.2 Å². The van der Waals surface area contributed by atoms with Crippen molar-refractivity contribution in [3.05, 3.63) is 34.9 Å². The first kappa shape index (κ1) is 14.0. The van der Waals surface area contributed by atoms with E-state index in [0.29, 0.717) is 6.42 Å². The molecular formula is C14H20N3O2. The SMILES string of the molecule is CCC1(C)[N]C(C(N)=O)(c2cc(C)cc(C)c2)NO1. The molecular weight excluding hydrogens is 242 g/mol. The van der Waals surface area contributed by atoms with Crippen molar-refractivity contribution in [3.63, 3.8) is 0 Å². The molecule has 1 aliphatic heterocycles. The van der Waals surface area contributed by atoms with E-state index >= 15 is 0 Å². The molecule has 0 saturated carbocycles. The van der Waals surface area contributed by atoms with Crippen LogP contribution in [-0.2, 0) is 15.3 Å². The summed E-state index contributed by atoms with van der Waals surface area (Å²) >= 11 is 0. The van der Waals surface area contributed by atoms with Crippen LogP contribution in [0.4, 0.5) is 0 Å². The van der Waals surface area contributed by atoms with Gasteiger partial charge in [0.05, 0.1) is 0 Å². The van der Waals surface area contributed by atoms with Gasteiger partial charge >= 0.3 is 0 Å². The van der Waals surface area contributed by atoms with Gasteiger partial charge < -0.3 is 5.73 Å². The molecule has 1 aromatic rings. The van der Waals surface area contributed by atoms with Crippen molar-refractivity contribution in [3.8, 4) is 0 Å². The van der Waals surface area contributed by atoms with E-state index in [0.717, 1.165) is 16.7 Å². The second-order valence-electron chi connectivity index (χ2n) is 5.30. The first-order valence-corrected chi connectivity index (χ1v) is 6.39. The van der Waals surface area contributed by atoms with Crippen molar-refractivity contribution in [1.82, 2.24) is 10.8 Å². The van der Waals surface area contributed by atoms with Crippen LogP contribution in [0.1, 0.15) is 37.0 Å². The summed E-state index contributed by atoms with van der Waals surface area (Å²) in [4.78, 5) is 17.4. The molecule has 2 atom stereocenters. The number of carbonyl (C=O) groups excluding carboxylic acids is 1. The van der Waals surface area contributed by atoms with Crippen LogP contribution >= 0.6 is 0 Å². The van der Waals surface area contributed by atoms with Gasteiger partial charge in [0, 0.05) is 5.56 Å². The average Bonchev–Trinajstić information content (AvgIpc) is 2.69. The molecule has 2 rings (SSSR count). The fourth-order valence-electron chi connectivity index (χ4n) is 2.29. The van der Waals surface area contributed by atoms with Crippen LogP contribution in [0.25, 0.3) is 0 Å². The number of carbonyl (C=O) groups is 1. The number of amides is 1. The van der Waals surface area contributed by atoms with Crippen molar-refractivity contribution in [2.24, 2.45) is 5.73 Å². The molecule has 0 aliphatic carbocycles. The monoisotopic (exact) mass is 262 g/mol. The minimum absolute atomic E-state index is 0.560. The summed E-state index contributed by atoms with van der Waals surface area (Å²) in [7, 11) is 0. The van der Waals surface area contributed by atoms with Gasteiger partial charge in [-0.15, -0.1) is 0 Å². The van der Waals surface area contributed by atoms with Crippen LogP contribution in [0.2, 0.25) is 0 Å². The Labute approximate surface area is 113 Å². The smallest absolute Gasteiger partial charge is 0.261 e. The highest BCUT2D eigenvalue weighted by molar-refractivity contribution is 5.86. The maximum atomic E-state index is 11.9. The molecule has 5 heteroatoms. The third-order valence-corrected chi connectivity index (χ3v) is 3.47. The molecule has 0 spiro atoms. The molecule has 3 N–H and O–H groups in total. The number of hydrogen-bond acceptors (Lipinski definition) is 3. The quantitative estimate of drug-likeness (QED) is 0.859. The second-order valence-corrected chi connectivity index (χ2v) is 5.30. The van der Waals surface area contributed by atoms with Crippen molar-refractivity contribution < 1.29 is 9.63 Å². The predicted octanol–water partition coefficient (Wildman–Crippen LogP) is 1.21. The van der Waals surface area contributed by atoms with Crippen LogP contribution in [-0.4, -0.2) is 11.6 Å². The Balaban J connectivity index is 2.50. The Morgan fingerprint density at radius 1 is 1.37 bits per heavy atom. The van der Waals surface area contributed by atoms with E-state index < -0.39 is 17.3 Å². The molecule has 1 amide bonds. The normalized spacial score (nSPS) is 30.5. The van der Waals surface area contributed by atoms with Gasteiger partial charge in [-0.2, -0.15) is 10.8 Å². The van der Waals surface area contributed by atoms with Crippen molar-refractivity contribution in [2.45, 2.75) is 45.5 Å². The molecule has 0 bridgehead atoms. The summed E-state index contributed by atoms with van der Waals surface area (Å²) < 4.78 is 0. The molecule has 1 fully saturated rings. The number of nitrogens with one attached hydrogen (secondary N) is 1. The molecule has 5 nitrogen and oxygen atoms in total. The Morgan fingerprint density at radius 2 is 1.95 bits per heavy atom. The predicted molar refractivity (Wildman–Crippen MR) is 71.8 cm³/mol. The lowest BCUT2D eigenvalue weighted by molar-refractivity contribution is -0.128. The van der Waals surface area contributed by atoms with Crippen molar-refractivity contribution in [1.29, 1.82) is 0 Å². The summed E-state index contributed by atoms with van der Waals surface area (Å²) in [5, 5.41) is 4.51. The minimum atomic E-state index is -1.30. The number of aryl methyl sites for hydroxylation is 2. The topological polar surface area (TPSA) is 78.5 Å². The molecule has 1 aromatic carbocycles. The highest BCUT2D eigenvalue weighted by Crippen LogP contribution is 2.32. The number of nitrogens with zero attached hydrogens (tertiary/aromatic N) is 1. The third kappa shape index (κ3) is 2.36. The first-order valence-electron chi connectivity index (χ1n) is 6.39. The molecule has 1 radical (unpaired) electrons. The maximum absolute atomic E-state index is 11.9. The lowest BCUT2D eigenvalue weighted by Crippen LogP contribution is -2.54. The number of primary amides is 1. The zero-order chi connectivity index (χ0) is 14.3. The fourth-order valence-corrected chi connectivity index (χ4v) is 2.29. The number of hydroxylamine groups is 1. The standard InChI is InChI=1S/C14H20N3O2/c1-5-13(4)16-14(12(15)18,17-19-13)11-7-9(2)6-10(3)8-11/h6-8,17H,5H2,1-4H3,(H2,15,18). The van der Waals surface area contributed by atoms with Gasteiger partial charge in [-0.3, -0.25) is 9.63 Å². The summed E-state index contributed by atoms with van der Waals surface area (Å²) in [6.45, 7) is 7.72. The molecule has 1 aliphatic rings. The van der Waals surface area contributed by atoms with E-state index in [1.54, 1.807) is 0 Å². The third-order valence-electron chi connectivity index (χ3n) is 3.47. The zero-order valence-electron chi connectivity index (χ0n) is 11.8. The van der Waals surface area contributed by atoms with Gasteiger partial charge in [0.1, 0.15) is 0 Å². The van der Waals surface area contributed by atoms with Crippen molar-refractivity contribution in [2.75, 3.05) is 0 Å². The summed E-state index contributed by atoms with van der Waals surface area (Å²) in [5.74, 6) is -0.560. The second kappa shape index (κ2) is 4.59. The highest BCUT2D eigenvalue weighted by Gasteiger charge is 2.52. The Morgan fingerprint density at radius 3 is 2.37 bits per heavy atom. The summed E-state index contributed by atoms with van der Waals surface area (Å²) in [5.41, 5.74) is 9.08. The Hall–Kier alpha value is -1.43. The van der Waals surface area contributed by atoms with Crippen LogP contribution in [0, 0.1) is 13.8 Å². The van der Waals surface area contributed by atoms with Crippen molar-refractivity contribution >= 4 is 5.91 Å². The average molecular weight is 262 g/mol. The van der Waals surface area contributed by atoms with E-state index in [9.17, 15) is 4.79 Å². The van der Waals surface area contributed by atoms with Gasteiger partial charge in [0.15, 0.2) is 5.72 Å². The van der Waals surface area contributed by atoms with Crippen LogP contribution in [0.15, 0.2) is 18.2 Å². The fraction of sp³-hybridized carbons (Fsp3) is 0.500. The lowest BCUT2D eigenvalue weighted by Gasteiger charge is -2.26. The maximum Gasteiger partial charge on any atom is 0.261 e. The van der Waals surface area contributed by atoms with Gasteiger partial charge in [0.2, 0.25) is 5.66 Å².